The van der Waals surface area contributed by atoms with E-state index in [1.54, 1.807) is 12.1 Å². The van der Waals surface area contributed by atoms with Crippen LogP contribution in [0.15, 0.2) is 18.2 Å². The highest BCUT2D eigenvalue weighted by atomic mass is 19.1. The summed E-state index contributed by atoms with van der Waals surface area (Å²) in [5.74, 6) is 0.629. The topological polar surface area (TPSA) is 35.2 Å². The number of benzene rings is 1. The van der Waals surface area contributed by atoms with E-state index in [9.17, 15) is 4.39 Å². The first-order valence-corrected chi connectivity index (χ1v) is 7.30. The molecule has 1 aliphatic heterocycles. The van der Waals surface area contributed by atoms with Crippen molar-refractivity contribution in [3.8, 4) is 5.75 Å². The van der Waals surface area contributed by atoms with E-state index in [2.05, 4.69) is 13.8 Å². The first kappa shape index (κ1) is 14.3. The first-order chi connectivity index (χ1) is 9.06. The summed E-state index contributed by atoms with van der Waals surface area (Å²) < 4.78 is 19.1. The molecule has 0 radical (unpaired) electrons. The van der Waals surface area contributed by atoms with Crippen LogP contribution in [-0.4, -0.2) is 11.6 Å². The molecule has 0 fully saturated rings. The van der Waals surface area contributed by atoms with E-state index in [0.29, 0.717) is 0 Å². The minimum atomic E-state index is -0.191. The van der Waals surface area contributed by atoms with Crippen LogP contribution in [0, 0.1) is 5.82 Å². The van der Waals surface area contributed by atoms with Crippen molar-refractivity contribution in [1.29, 1.82) is 0 Å². The van der Waals surface area contributed by atoms with Gasteiger partial charge in [0.1, 0.15) is 17.7 Å². The molecule has 2 atom stereocenters. The molecule has 0 saturated carbocycles. The number of unbranched alkanes of at least 4 members (excludes halogenated alkanes) is 1. The van der Waals surface area contributed by atoms with Crippen LogP contribution in [0.25, 0.3) is 0 Å². The maximum absolute atomic E-state index is 13.2. The fourth-order valence-electron chi connectivity index (χ4n) is 2.81. The Balaban J connectivity index is 1.98. The highest BCUT2D eigenvalue weighted by Gasteiger charge is 2.31. The van der Waals surface area contributed by atoms with Crippen LogP contribution >= 0.6 is 0 Å². The van der Waals surface area contributed by atoms with Crippen molar-refractivity contribution in [2.45, 2.75) is 64.0 Å². The van der Waals surface area contributed by atoms with Gasteiger partial charge >= 0.3 is 0 Å². The summed E-state index contributed by atoms with van der Waals surface area (Å²) in [5.41, 5.74) is 7.29. The van der Waals surface area contributed by atoms with Gasteiger partial charge in [-0.1, -0.05) is 26.7 Å². The summed E-state index contributed by atoms with van der Waals surface area (Å²) in [6.45, 7) is 4.32. The average molecular weight is 265 g/mol. The molecule has 0 spiro atoms. The van der Waals surface area contributed by atoms with Crippen molar-refractivity contribution in [2.75, 3.05) is 0 Å². The van der Waals surface area contributed by atoms with E-state index >= 15 is 0 Å². The van der Waals surface area contributed by atoms with E-state index in [-0.39, 0.29) is 17.5 Å². The summed E-state index contributed by atoms with van der Waals surface area (Å²) in [7, 11) is 0. The highest BCUT2D eigenvalue weighted by molar-refractivity contribution is 5.38. The predicted octanol–water partition coefficient (Wildman–Crippen LogP) is 3.82. The van der Waals surface area contributed by atoms with Gasteiger partial charge in [-0.3, -0.25) is 0 Å². The maximum atomic E-state index is 13.2. The normalized spacial score (nSPS) is 20.7. The van der Waals surface area contributed by atoms with Gasteiger partial charge in [0.05, 0.1) is 0 Å². The molecule has 1 heterocycles. The fraction of sp³-hybridized carbons (Fsp3) is 0.625. The third-order valence-corrected chi connectivity index (χ3v) is 4.13. The Morgan fingerprint density at radius 1 is 1.42 bits per heavy atom. The molecule has 3 heteroatoms. The lowest BCUT2D eigenvalue weighted by atomic mass is 9.84. The Hall–Kier alpha value is -1.09. The second-order valence-electron chi connectivity index (χ2n) is 5.72. The highest BCUT2D eigenvalue weighted by Crippen LogP contribution is 2.33. The van der Waals surface area contributed by atoms with Gasteiger partial charge < -0.3 is 10.5 Å². The Morgan fingerprint density at radius 3 is 2.89 bits per heavy atom. The molecule has 0 bridgehead atoms. The predicted molar refractivity (Wildman–Crippen MR) is 75.9 cm³/mol. The van der Waals surface area contributed by atoms with Crippen LogP contribution in [0.1, 0.15) is 51.5 Å². The molecule has 1 aromatic carbocycles. The molecule has 1 aromatic rings. The van der Waals surface area contributed by atoms with E-state index in [1.165, 1.54) is 6.07 Å². The lowest BCUT2D eigenvalue weighted by molar-refractivity contribution is 0.169. The summed E-state index contributed by atoms with van der Waals surface area (Å²) in [5, 5.41) is 0. The van der Waals surface area contributed by atoms with Gasteiger partial charge in [0, 0.05) is 23.9 Å². The number of nitrogens with two attached hydrogens (primary N) is 1. The Kier molecular flexibility index (Phi) is 4.46. The Labute approximate surface area is 115 Å². The van der Waals surface area contributed by atoms with Crippen LogP contribution in [0.2, 0.25) is 0 Å². The Bertz CT molecular complexity index is 435. The second kappa shape index (κ2) is 5.91. The number of rotatable bonds is 6. The van der Waals surface area contributed by atoms with Crippen LogP contribution in [0.3, 0.4) is 0 Å². The lowest BCUT2D eigenvalue weighted by Gasteiger charge is -2.30. The van der Waals surface area contributed by atoms with Crippen molar-refractivity contribution in [2.24, 2.45) is 5.73 Å². The average Bonchev–Trinajstić information content (AvgIpc) is 2.77. The standard InChI is InChI=1S/C16H24FNO/c1-3-5-8-16(18,4-2)11-14-10-12-9-13(17)6-7-15(12)19-14/h6-7,9,14H,3-5,8,10-11,18H2,1-2H3. The summed E-state index contributed by atoms with van der Waals surface area (Å²) in [6.07, 6.45) is 6.02. The molecule has 0 aliphatic carbocycles. The van der Waals surface area contributed by atoms with E-state index in [4.69, 9.17) is 10.5 Å². The number of ether oxygens (including phenoxy) is 1. The number of fused-ring (bicyclic) bond motifs is 1. The third-order valence-electron chi connectivity index (χ3n) is 4.13. The fourth-order valence-corrected chi connectivity index (χ4v) is 2.81. The van der Waals surface area contributed by atoms with Gasteiger partial charge in [-0.25, -0.2) is 4.39 Å². The van der Waals surface area contributed by atoms with E-state index < -0.39 is 0 Å². The molecule has 2 N–H and O–H groups in total. The van der Waals surface area contributed by atoms with Gasteiger partial charge in [-0.05, 0) is 31.0 Å². The van der Waals surface area contributed by atoms with E-state index in [0.717, 1.165) is 49.8 Å². The van der Waals surface area contributed by atoms with Crippen LogP contribution in [0.5, 0.6) is 5.75 Å². The van der Waals surface area contributed by atoms with Crippen LogP contribution in [-0.2, 0) is 6.42 Å². The van der Waals surface area contributed by atoms with Crippen molar-refractivity contribution in [3.05, 3.63) is 29.6 Å². The SMILES string of the molecule is CCCCC(N)(CC)CC1Cc2cc(F)ccc2O1. The first-order valence-electron chi connectivity index (χ1n) is 7.30. The van der Waals surface area contributed by atoms with Crippen molar-refractivity contribution in [3.63, 3.8) is 0 Å². The van der Waals surface area contributed by atoms with Gasteiger partial charge in [0.2, 0.25) is 0 Å². The van der Waals surface area contributed by atoms with Crippen LogP contribution < -0.4 is 10.5 Å². The molecule has 2 rings (SSSR count). The molecule has 19 heavy (non-hydrogen) atoms. The van der Waals surface area contributed by atoms with E-state index in [1.807, 2.05) is 0 Å². The van der Waals surface area contributed by atoms with Gasteiger partial charge in [0.15, 0.2) is 0 Å². The number of hydrogen-bond donors (Lipinski definition) is 1. The molecule has 0 amide bonds. The monoisotopic (exact) mass is 265 g/mol. The van der Waals surface area contributed by atoms with Gasteiger partial charge in [0.25, 0.3) is 0 Å². The largest absolute Gasteiger partial charge is 0.490 e. The molecule has 2 nitrogen and oxygen atoms in total. The summed E-state index contributed by atoms with van der Waals surface area (Å²) >= 11 is 0. The molecule has 2 unspecified atom stereocenters. The molecular formula is C16H24FNO. The maximum Gasteiger partial charge on any atom is 0.123 e. The van der Waals surface area contributed by atoms with Crippen molar-refractivity contribution >= 4 is 0 Å². The molecule has 0 aromatic heterocycles. The third kappa shape index (κ3) is 3.47. The smallest absolute Gasteiger partial charge is 0.123 e. The molecule has 0 saturated heterocycles. The number of hydrogen-bond acceptors (Lipinski definition) is 2. The minimum Gasteiger partial charge on any atom is -0.490 e. The molecular weight excluding hydrogens is 241 g/mol. The lowest BCUT2D eigenvalue weighted by Crippen LogP contribution is -2.43. The molecule has 106 valence electrons. The van der Waals surface area contributed by atoms with Gasteiger partial charge in [-0.15, -0.1) is 0 Å². The van der Waals surface area contributed by atoms with Crippen LogP contribution in [0.4, 0.5) is 4.39 Å². The zero-order valence-electron chi connectivity index (χ0n) is 11.9. The summed E-state index contributed by atoms with van der Waals surface area (Å²) in [6, 6.07) is 4.75. The minimum absolute atomic E-state index is 0.0959. The zero-order valence-corrected chi connectivity index (χ0v) is 11.9. The van der Waals surface area contributed by atoms with Crippen molar-refractivity contribution < 1.29 is 9.13 Å². The number of halogens is 1. The second-order valence-corrected chi connectivity index (χ2v) is 5.72. The van der Waals surface area contributed by atoms with Crippen molar-refractivity contribution in [1.82, 2.24) is 0 Å². The summed E-state index contributed by atoms with van der Waals surface area (Å²) in [4.78, 5) is 0. The molecule has 1 aliphatic rings. The quantitative estimate of drug-likeness (QED) is 0.848. The zero-order chi connectivity index (χ0) is 13.9. The van der Waals surface area contributed by atoms with Gasteiger partial charge in [-0.2, -0.15) is 0 Å². The Morgan fingerprint density at radius 2 is 2.21 bits per heavy atom.